The molecule has 0 bridgehead atoms. The normalized spacial score (nSPS) is 12.3. The molecule has 0 aliphatic heterocycles. The maximum atomic E-state index is 5.71. The fourth-order valence-corrected chi connectivity index (χ4v) is 10.8. The second-order valence-electron chi connectivity index (χ2n) is 13.3. The van der Waals surface area contributed by atoms with Crippen LogP contribution in [0.4, 0.5) is 0 Å². The van der Waals surface area contributed by atoms with Crippen molar-refractivity contribution in [2.24, 2.45) is 0 Å². The predicted molar refractivity (Wildman–Crippen MR) is 220 cm³/mol. The summed E-state index contributed by atoms with van der Waals surface area (Å²) in [5, 5.41) is 14.7. The molecular formula is C46H25N3S2. The van der Waals surface area contributed by atoms with Gasteiger partial charge in [-0.05, 0) is 51.2 Å². The van der Waals surface area contributed by atoms with Crippen LogP contribution in [-0.2, 0) is 0 Å². The molecule has 236 valence electrons. The third kappa shape index (κ3) is 3.71. The van der Waals surface area contributed by atoms with Gasteiger partial charge >= 0.3 is 0 Å². The summed E-state index contributed by atoms with van der Waals surface area (Å²) in [5.74, 6) is 0.694. The van der Waals surface area contributed by atoms with E-state index >= 15 is 0 Å². The fraction of sp³-hybridized carbons (Fsp3) is 0. The van der Waals surface area contributed by atoms with Crippen molar-refractivity contribution in [1.29, 1.82) is 0 Å². The highest BCUT2D eigenvalue weighted by Crippen LogP contribution is 2.48. The summed E-state index contributed by atoms with van der Waals surface area (Å²) in [6.45, 7) is 0. The van der Waals surface area contributed by atoms with Crippen LogP contribution in [0, 0.1) is 0 Å². The first-order valence-corrected chi connectivity index (χ1v) is 18.8. The third-order valence-corrected chi connectivity index (χ3v) is 12.9. The van der Waals surface area contributed by atoms with Crippen molar-refractivity contribution < 1.29 is 0 Å². The number of para-hydroxylation sites is 1. The molecule has 3 nitrogen and oxygen atoms in total. The quantitative estimate of drug-likeness (QED) is 0.170. The summed E-state index contributed by atoms with van der Waals surface area (Å²) < 4.78 is 6.15. The Bertz CT molecular complexity index is 3440. The molecule has 0 N–H and O–H groups in total. The molecule has 12 rings (SSSR count). The van der Waals surface area contributed by atoms with E-state index in [4.69, 9.17) is 9.97 Å². The van der Waals surface area contributed by atoms with Gasteiger partial charge in [0.05, 0.1) is 16.7 Å². The minimum absolute atomic E-state index is 0.694. The Morgan fingerprint density at radius 3 is 1.82 bits per heavy atom. The lowest BCUT2D eigenvalue weighted by Gasteiger charge is -2.14. The molecule has 0 radical (unpaired) electrons. The smallest absolute Gasteiger partial charge is 0.236 e. The molecule has 0 fully saturated rings. The van der Waals surface area contributed by atoms with Gasteiger partial charge in [0.25, 0.3) is 0 Å². The van der Waals surface area contributed by atoms with Gasteiger partial charge in [-0.2, -0.15) is 0 Å². The zero-order valence-corrected chi connectivity index (χ0v) is 28.7. The SMILES string of the molecule is c1ccc2c(c1)cc(-c1nc(-n3c4ccccc4c4c5ccccc5c5sc6ccccc6c5c43)nc3sc4ccccc4c13)c1ccccc12. The van der Waals surface area contributed by atoms with E-state index in [-0.39, 0.29) is 0 Å². The third-order valence-electron chi connectivity index (χ3n) is 10.6. The Hall–Kier alpha value is -6.14. The largest absolute Gasteiger partial charge is 0.277 e. The lowest BCUT2D eigenvalue weighted by molar-refractivity contribution is 1.02. The van der Waals surface area contributed by atoms with Crippen molar-refractivity contribution in [2.75, 3.05) is 0 Å². The molecule has 0 aliphatic carbocycles. The van der Waals surface area contributed by atoms with Crippen molar-refractivity contribution >= 4 is 117 Å². The molecule has 0 spiro atoms. The number of rotatable bonds is 2. The van der Waals surface area contributed by atoms with Gasteiger partial charge < -0.3 is 0 Å². The summed E-state index contributed by atoms with van der Waals surface area (Å²) in [4.78, 5) is 12.2. The van der Waals surface area contributed by atoms with Gasteiger partial charge in [0.15, 0.2) is 0 Å². The Labute approximate surface area is 299 Å². The van der Waals surface area contributed by atoms with Gasteiger partial charge in [-0.1, -0.05) is 127 Å². The lowest BCUT2D eigenvalue weighted by atomic mass is 9.94. The summed E-state index contributed by atoms with van der Waals surface area (Å²) in [6, 6.07) is 54.9. The topological polar surface area (TPSA) is 30.7 Å². The van der Waals surface area contributed by atoms with E-state index in [0.29, 0.717) is 5.95 Å². The minimum atomic E-state index is 0.694. The molecule has 5 heteroatoms. The summed E-state index contributed by atoms with van der Waals surface area (Å²) in [6.07, 6.45) is 0. The molecule has 0 amide bonds. The summed E-state index contributed by atoms with van der Waals surface area (Å²) in [7, 11) is 0. The summed E-state index contributed by atoms with van der Waals surface area (Å²) in [5.41, 5.74) is 4.36. The second-order valence-corrected chi connectivity index (χ2v) is 15.3. The Balaban J connectivity index is 1.32. The highest BCUT2D eigenvalue weighted by atomic mass is 32.1. The first-order valence-electron chi connectivity index (χ1n) is 17.2. The van der Waals surface area contributed by atoms with Gasteiger partial charge in [0, 0.05) is 57.4 Å². The maximum absolute atomic E-state index is 5.71. The maximum Gasteiger partial charge on any atom is 0.236 e. The van der Waals surface area contributed by atoms with E-state index < -0.39 is 0 Å². The molecule has 0 saturated carbocycles. The number of nitrogens with zero attached hydrogens (tertiary/aromatic N) is 3. The van der Waals surface area contributed by atoms with E-state index in [9.17, 15) is 0 Å². The molecule has 0 saturated heterocycles. The molecule has 12 aromatic rings. The Morgan fingerprint density at radius 1 is 0.431 bits per heavy atom. The van der Waals surface area contributed by atoms with E-state index in [0.717, 1.165) is 32.5 Å². The first-order chi connectivity index (χ1) is 25.3. The number of hydrogen-bond donors (Lipinski definition) is 0. The van der Waals surface area contributed by atoms with Crippen LogP contribution in [-0.4, -0.2) is 14.5 Å². The van der Waals surface area contributed by atoms with Gasteiger partial charge in [-0.3, -0.25) is 4.57 Å². The number of thiophene rings is 2. The van der Waals surface area contributed by atoms with E-state index in [1.54, 1.807) is 11.3 Å². The fourth-order valence-electron chi connectivity index (χ4n) is 8.48. The van der Waals surface area contributed by atoms with Crippen LogP contribution in [0.2, 0.25) is 0 Å². The second kappa shape index (κ2) is 10.2. The Morgan fingerprint density at radius 2 is 1.02 bits per heavy atom. The monoisotopic (exact) mass is 683 g/mol. The van der Waals surface area contributed by atoms with Gasteiger partial charge in [0.2, 0.25) is 5.95 Å². The molecule has 0 unspecified atom stereocenters. The zero-order valence-electron chi connectivity index (χ0n) is 27.1. The summed E-state index contributed by atoms with van der Waals surface area (Å²) >= 11 is 3.63. The molecule has 51 heavy (non-hydrogen) atoms. The van der Waals surface area contributed by atoms with Crippen LogP contribution < -0.4 is 0 Å². The van der Waals surface area contributed by atoms with E-state index in [2.05, 4.69) is 156 Å². The zero-order chi connectivity index (χ0) is 33.2. The van der Waals surface area contributed by atoms with Crippen LogP contribution in [0.25, 0.3) is 112 Å². The van der Waals surface area contributed by atoms with Crippen LogP contribution in [0.5, 0.6) is 0 Å². The van der Waals surface area contributed by atoms with E-state index in [1.807, 2.05) is 11.3 Å². The van der Waals surface area contributed by atoms with Crippen molar-refractivity contribution in [3.8, 4) is 17.2 Å². The van der Waals surface area contributed by atoms with E-state index in [1.165, 1.54) is 73.3 Å². The molecule has 8 aromatic carbocycles. The number of benzene rings is 8. The molecule has 4 aromatic heterocycles. The standard InChI is InChI=1S/C46H25N3S2/c1-2-14-27-26(13-1)25-35(29-16-4-3-15-28(27)29)42-40-33-20-8-12-24-38(33)51-45(40)48-46(47-42)49-36-22-10-7-19-32(36)39-30-17-5-6-18-31(30)44-41(43(39)49)34-21-9-11-23-37(34)50-44/h1-25H. The molecule has 0 aliphatic rings. The first kappa shape index (κ1) is 27.7. The number of aromatic nitrogens is 3. The van der Waals surface area contributed by atoms with Gasteiger partial charge in [0.1, 0.15) is 4.83 Å². The van der Waals surface area contributed by atoms with Crippen LogP contribution >= 0.6 is 22.7 Å². The minimum Gasteiger partial charge on any atom is -0.277 e. The average Bonchev–Trinajstić information content (AvgIpc) is 3.87. The van der Waals surface area contributed by atoms with Crippen LogP contribution in [0.3, 0.4) is 0 Å². The number of fused-ring (bicyclic) bond motifs is 16. The van der Waals surface area contributed by atoms with Crippen LogP contribution in [0.15, 0.2) is 152 Å². The average molecular weight is 684 g/mol. The Kier molecular flexibility index (Phi) is 5.53. The predicted octanol–water partition coefficient (Wildman–Crippen LogP) is 13.4. The highest BCUT2D eigenvalue weighted by Gasteiger charge is 2.25. The molecular weight excluding hydrogens is 659 g/mol. The highest BCUT2D eigenvalue weighted by molar-refractivity contribution is 7.27. The van der Waals surface area contributed by atoms with Crippen molar-refractivity contribution in [3.63, 3.8) is 0 Å². The molecule has 0 atom stereocenters. The van der Waals surface area contributed by atoms with Gasteiger partial charge in [-0.25, -0.2) is 9.97 Å². The van der Waals surface area contributed by atoms with Crippen molar-refractivity contribution in [2.45, 2.75) is 0 Å². The number of hydrogen-bond acceptors (Lipinski definition) is 4. The molecule has 4 heterocycles. The van der Waals surface area contributed by atoms with Gasteiger partial charge in [-0.15, -0.1) is 22.7 Å². The van der Waals surface area contributed by atoms with Crippen molar-refractivity contribution in [3.05, 3.63) is 152 Å². The van der Waals surface area contributed by atoms with Crippen LogP contribution in [0.1, 0.15) is 0 Å². The van der Waals surface area contributed by atoms with Crippen molar-refractivity contribution in [1.82, 2.24) is 14.5 Å². The lowest BCUT2D eigenvalue weighted by Crippen LogP contribution is -2.03.